The van der Waals surface area contributed by atoms with Crippen molar-refractivity contribution in [3.63, 3.8) is 0 Å². The van der Waals surface area contributed by atoms with Gasteiger partial charge in [0.25, 0.3) is 0 Å². The average Bonchev–Trinajstić information content (AvgIpc) is 2.37. The van der Waals surface area contributed by atoms with Crippen LogP contribution in [0.2, 0.25) is 0 Å². The van der Waals surface area contributed by atoms with Crippen LogP contribution < -0.4 is 5.32 Å². The molecule has 0 radical (unpaired) electrons. The summed E-state index contributed by atoms with van der Waals surface area (Å²) in [4.78, 5) is 3.74. The Kier molecular flexibility index (Phi) is 4.29. The van der Waals surface area contributed by atoms with Gasteiger partial charge in [0.15, 0.2) is 0 Å². The van der Waals surface area contributed by atoms with Gasteiger partial charge >= 0.3 is 6.18 Å². The largest absolute Gasteiger partial charge is 0.419 e. The van der Waals surface area contributed by atoms with Crippen molar-refractivity contribution >= 4 is 5.82 Å². The fourth-order valence-electron chi connectivity index (χ4n) is 2.43. The number of anilines is 1. The van der Waals surface area contributed by atoms with Crippen LogP contribution in [0, 0.1) is 5.92 Å². The highest BCUT2D eigenvalue weighted by molar-refractivity contribution is 5.45. The third-order valence-corrected chi connectivity index (χ3v) is 3.51. The number of hydrogen-bond acceptors (Lipinski definition) is 3. The van der Waals surface area contributed by atoms with Gasteiger partial charge in [-0.25, -0.2) is 4.98 Å². The van der Waals surface area contributed by atoms with Gasteiger partial charge in [-0.15, -0.1) is 0 Å². The van der Waals surface area contributed by atoms with E-state index < -0.39 is 17.8 Å². The van der Waals surface area contributed by atoms with E-state index in [4.69, 9.17) is 0 Å². The lowest BCUT2D eigenvalue weighted by atomic mass is 9.86. The average molecular weight is 274 g/mol. The van der Waals surface area contributed by atoms with Crippen LogP contribution in [0.25, 0.3) is 0 Å². The Morgan fingerprint density at radius 2 is 2.05 bits per heavy atom. The van der Waals surface area contributed by atoms with Gasteiger partial charge in [-0.3, -0.25) is 0 Å². The summed E-state index contributed by atoms with van der Waals surface area (Å²) in [5.41, 5.74) is -0.764. The lowest BCUT2D eigenvalue weighted by Crippen LogP contribution is -2.30. The molecule has 2 atom stereocenters. The Morgan fingerprint density at radius 1 is 1.32 bits per heavy atom. The summed E-state index contributed by atoms with van der Waals surface area (Å²) in [5.74, 6) is -0.162. The molecular weight excluding hydrogens is 257 g/mol. The molecule has 1 fully saturated rings. The number of nitrogens with zero attached hydrogens (tertiary/aromatic N) is 1. The predicted octanol–water partition coefficient (Wildman–Crippen LogP) is 3.06. The van der Waals surface area contributed by atoms with Crippen LogP contribution in [-0.2, 0) is 6.18 Å². The quantitative estimate of drug-likeness (QED) is 0.890. The molecule has 1 aromatic heterocycles. The maximum Gasteiger partial charge on any atom is 0.419 e. The maximum atomic E-state index is 12.8. The van der Waals surface area contributed by atoms with Crippen LogP contribution in [0.4, 0.5) is 19.0 Å². The van der Waals surface area contributed by atoms with E-state index in [0.29, 0.717) is 6.54 Å². The van der Waals surface area contributed by atoms with Crippen molar-refractivity contribution in [2.45, 2.75) is 38.0 Å². The molecule has 2 unspecified atom stereocenters. The molecule has 2 rings (SSSR count). The summed E-state index contributed by atoms with van der Waals surface area (Å²) in [5, 5.41) is 12.5. The molecule has 0 aliphatic heterocycles. The zero-order chi connectivity index (χ0) is 13.9. The van der Waals surface area contributed by atoms with Crippen molar-refractivity contribution in [1.82, 2.24) is 4.98 Å². The first-order chi connectivity index (χ1) is 8.98. The van der Waals surface area contributed by atoms with Crippen LogP contribution in [0.1, 0.15) is 31.2 Å². The Bertz CT molecular complexity index is 423. The summed E-state index contributed by atoms with van der Waals surface area (Å²) >= 11 is 0. The van der Waals surface area contributed by atoms with Gasteiger partial charge in [0.05, 0.1) is 11.7 Å². The summed E-state index contributed by atoms with van der Waals surface area (Å²) < 4.78 is 38.3. The van der Waals surface area contributed by atoms with E-state index in [9.17, 15) is 18.3 Å². The summed E-state index contributed by atoms with van der Waals surface area (Å²) in [7, 11) is 0. The van der Waals surface area contributed by atoms with E-state index in [1.165, 1.54) is 12.3 Å². The molecule has 0 bridgehead atoms. The fraction of sp³-hybridized carbons (Fsp3) is 0.615. The maximum absolute atomic E-state index is 12.8. The van der Waals surface area contributed by atoms with Crippen LogP contribution in [0.3, 0.4) is 0 Å². The molecule has 0 spiro atoms. The molecule has 106 valence electrons. The summed E-state index contributed by atoms with van der Waals surface area (Å²) in [6.45, 7) is 0.321. The van der Waals surface area contributed by atoms with Gasteiger partial charge < -0.3 is 10.4 Å². The highest BCUT2D eigenvalue weighted by Gasteiger charge is 2.34. The third kappa shape index (κ3) is 3.59. The first-order valence-electron chi connectivity index (χ1n) is 6.42. The minimum Gasteiger partial charge on any atom is -0.393 e. The van der Waals surface area contributed by atoms with E-state index >= 15 is 0 Å². The molecule has 2 N–H and O–H groups in total. The number of rotatable bonds is 3. The molecule has 0 aromatic carbocycles. The predicted molar refractivity (Wildman–Crippen MR) is 65.7 cm³/mol. The summed E-state index contributed by atoms with van der Waals surface area (Å²) in [6, 6.07) is 2.27. The second-order valence-corrected chi connectivity index (χ2v) is 4.89. The van der Waals surface area contributed by atoms with Crippen molar-refractivity contribution in [2.24, 2.45) is 5.92 Å². The van der Waals surface area contributed by atoms with Crippen molar-refractivity contribution < 1.29 is 18.3 Å². The van der Waals surface area contributed by atoms with Crippen LogP contribution in [-0.4, -0.2) is 22.7 Å². The monoisotopic (exact) mass is 274 g/mol. The van der Waals surface area contributed by atoms with Crippen molar-refractivity contribution in [3.8, 4) is 0 Å². The van der Waals surface area contributed by atoms with Crippen molar-refractivity contribution in [3.05, 3.63) is 23.9 Å². The number of aliphatic hydroxyl groups is 1. The highest BCUT2D eigenvalue weighted by Crippen LogP contribution is 2.34. The van der Waals surface area contributed by atoms with Crippen LogP contribution >= 0.6 is 0 Å². The van der Waals surface area contributed by atoms with Gasteiger partial charge in [0.2, 0.25) is 0 Å². The lowest BCUT2D eigenvalue weighted by molar-refractivity contribution is -0.137. The standard InChI is InChI=1S/C13H17F3N2O/c14-13(15,16)10-5-3-7-17-12(10)18-8-9-4-1-2-6-11(9)19/h3,5,7,9,11,19H,1-2,4,6,8H2,(H,17,18). The first kappa shape index (κ1) is 14.1. The fourth-order valence-corrected chi connectivity index (χ4v) is 2.43. The number of aliphatic hydroxyl groups excluding tert-OH is 1. The van der Waals surface area contributed by atoms with E-state index in [2.05, 4.69) is 10.3 Å². The molecule has 1 heterocycles. The molecule has 1 aliphatic carbocycles. The minimum absolute atomic E-state index is 0.00293. The van der Waals surface area contributed by atoms with Crippen LogP contribution in [0.5, 0.6) is 0 Å². The molecule has 1 aliphatic rings. The Morgan fingerprint density at radius 3 is 2.74 bits per heavy atom. The smallest absolute Gasteiger partial charge is 0.393 e. The highest BCUT2D eigenvalue weighted by atomic mass is 19.4. The SMILES string of the molecule is OC1CCCCC1CNc1ncccc1C(F)(F)F. The van der Waals surface area contributed by atoms with Gasteiger partial charge in [-0.05, 0) is 25.0 Å². The number of aromatic nitrogens is 1. The topological polar surface area (TPSA) is 45.1 Å². The van der Waals surface area contributed by atoms with Crippen LogP contribution in [0.15, 0.2) is 18.3 Å². The normalized spacial score (nSPS) is 24.2. The Hall–Kier alpha value is -1.30. The van der Waals surface area contributed by atoms with Gasteiger partial charge in [-0.1, -0.05) is 12.8 Å². The number of pyridine rings is 1. The molecule has 0 saturated heterocycles. The number of alkyl halides is 3. The van der Waals surface area contributed by atoms with Crippen molar-refractivity contribution in [2.75, 3.05) is 11.9 Å². The lowest BCUT2D eigenvalue weighted by Gasteiger charge is -2.28. The third-order valence-electron chi connectivity index (χ3n) is 3.51. The molecule has 3 nitrogen and oxygen atoms in total. The molecular formula is C13H17F3N2O. The van der Waals surface area contributed by atoms with E-state index in [0.717, 1.165) is 31.7 Å². The summed E-state index contributed by atoms with van der Waals surface area (Å²) in [6.07, 6.45) is 0.0336. The van der Waals surface area contributed by atoms with Gasteiger partial charge in [0.1, 0.15) is 5.82 Å². The Labute approximate surface area is 109 Å². The number of halogens is 3. The molecule has 19 heavy (non-hydrogen) atoms. The number of hydrogen-bond donors (Lipinski definition) is 2. The zero-order valence-corrected chi connectivity index (χ0v) is 10.5. The molecule has 6 heteroatoms. The number of nitrogens with one attached hydrogen (secondary N) is 1. The first-order valence-corrected chi connectivity index (χ1v) is 6.42. The van der Waals surface area contributed by atoms with Gasteiger partial charge in [-0.2, -0.15) is 13.2 Å². The van der Waals surface area contributed by atoms with Crippen molar-refractivity contribution in [1.29, 1.82) is 0 Å². The second kappa shape index (κ2) is 5.77. The van der Waals surface area contributed by atoms with E-state index in [1.54, 1.807) is 0 Å². The Balaban J connectivity index is 2.03. The van der Waals surface area contributed by atoms with E-state index in [-0.39, 0.29) is 11.7 Å². The molecule has 1 saturated carbocycles. The molecule has 0 amide bonds. The zero-order valence-electron chi connectivity index (χ0n) is 10.5. The minimum atomic E-state index is -4.41. The molecule has 1 aromatic rings. The van der Waals surface area contributed by atoms with E-state index in [1.807, 2.05) is 0 Å². The second-order valence-electron chi connectivity index (χ2n) is 4.89. The van der Waals surface area contributed by atoms with Gasteiger partial charge in [0, 0.05) is 18.7 Å².